The van der Waals surface area contributed by atoms with Crippen molar-refractivity contribution in [2.45, 2.75) is 37.1 Å². The predicted octanol–water partition coefficient (Wildman–Crippen LogP) is 5.03. The van der Waals surface area contributed by atoms with Crippen LogP contribution < -0.4 is 10.2 Å². The summed E-state index contributed by atoms with van der Waals surface area (Å²) in [5.74, 6) is -0.236. The summed E-state index contributed by atoms with van der Waals surface area (Å²) in [6, 6.07) is 12.5. The number of amides is 2. The Morgan fingerprint density at radius 3 is 2.64 bits per heavy atom. The van der Waals surface area contributed by atoms with Crippen LogP contribution in [-0.2, 0) is 5.41 Å². The molecule has 0 bridgehead atoms. The lowest BCUT2D eigenvalue weighted by Crippen LogP contribution is -2.47. The molecule has 0 atom stereocenters. The van der Waals surface area contributed by atoms with Crippen LogP contribution in [0.15, 0.2) is 42.5 Å². The number of anilines is 2. The van der Waals surface area contributed by atoms with E-state index >= 15 is 0 Å². The van der Waals surface area contributed by atoms with E-state index in [0.29, 0.717) is 17.3 Å². The van der Waals surface area contributed by atoms with Crippen LogP contribution in [0.25, 0.3) is 0 Å². The quantitative estimate of drug-likeness (QED) is 0.769. The molecule has 3 aliphatic rings. The summed E-state index contributed by atoms with van der Waals surface area (Å²) >= 11 is 6.04. The van der Waals surface area contributed by atoms with E-state index in [1.165, 1.54) is 18.9 Å². The Bertz CT molecular complexity index is 922. The van der Waals surface area contributed by atoms with E-state index in [1.807, 2.05) is 6.07 Å². The molecule has 1 aliphatic carbocycles. The highest BCUT2D eigenvalue weighted by atomic mass is 35.5. The zero-order chi connectivity index (χ0) is 19.3. The monoisotopic (exact) mass is 399 g/mol. The molecule has 6 heteroatoms. The number of rotatable bonds is 2. The predicted molar refractivity (Wildman–Crippen MR) is 110 cm³/mol. The van der Waals surface area contributed by atoms with E-state index in [2.05, 4.69) is 10.2 Å². The molecule has 0 aromatic heterocycles. The lowest BCUT2D eigenvalue weighted by Gasteiger charge is -2.40. The molecular weight excluding hydrogens is 377 g/mol. The summed E-state index contributed by atoms with van der Waals surface area (Å²) < 4.78 is 14.1. The van der Waals surface area contributed by atoms with Crippen LogP contribution in [0.4, 0.5) is 20.6 Å². The summed E-state index contributed by atoms with van der Waals surface area (Å²) in [4.78, 5) is 17.4. The van der Waals surface area contributed by atoms with Crippen molar-refractivity contribution >= 4 is 29.0 Å². The molecule has 4 nitrogen and oxygen atoms in total. The Labute approximate surface area is 169 Å². The van der Waals surface area contributed by atoms with E-state index in [4.69, 9.17) is 11.6 Å². The number of nitrogens with zero attached hydrogens (tertiary/aromatic N) is 2. The zero-order valence-corrected chi connectivity index (χ0v) is 16.4. The van der Waals surface area contributed by atoms with Gasteiger partial charge in [0.05, 0.1) is 0 Å². The summed E-state index contributed by atoms with van der Waals surface area (Å²) in [5.41, 5.74) is 2.30. The Morgan fingerprint density at radius 2 is 1.93 bits per heavy atom. The second kappa shape index (κ2) is 6.75. The molecule has 5 rings (SSSR count). The Morgan fingerprint density at radius 1 is 1.14 bits per heavy atom. The van der Waals surface area contributed by atoms with Crippen LogP contribution in [-0.4, -0.2) is 36.6 Å². The van der Waals surface area contributed by atoms with Gasteiger partial charge in [0.2, 0.25) is 0 Å². The molecule has 2 aromatic carbocycles. The van der Waals surface area contributed by atoms with E-state index in [0.717, 1.165) is 43.2 Å². The van der Waals surface area contributed by atoms with Gasteiger partial charge < -0.3 is 10.2 Å². The highest BCUT2D eigenvalue weighted by Crippen LogP contribution is 2.48. The molecule has 0 radical (unpaired) electrons. The Kier molecular flexibility index (Phi) is 4.33. The third-order valence-electron chi connectivity index (χ3n) is 6.42. The van der Waals surface area contributed by atoms with Gasteiger partial charge in [0.25, 0.3) is 0 Å². The fourth-order valence-electron chi connectivity index (χ4n) is 4.76. The second-order valence-electron chi connectivity index (χ2n) is 8.24. The fraction of sp³-hybridized carbons (Fsp3) is 0.409. The van der Waals surface area contributed by atoms with Crippen molar-refractivity contribution < 1.29 is 9.18 Å². The van der Waals surface area contributed by atoms with Gasteiger partial charge in [-0.15, -0.1) is 0 Å². The van der Waals surface area contributed by atoms with Gasteiger partial charge in [-0.1, -0.05) is 17.7 Å². The van der Waals surface area contributed by atoms with Crippen LogP contribution in [0.2, 0.25) is 5.02 Å². The van der Waals surface area contributed by atoms with Crippen molar-refractivity contribution in [1.82, 2.24) is 4.90 Å². The number of halogens is 2. The molecule has 1 saturated carbocycles. The molecular formula is C22H23ClFN3O. The van der Waals surface area contributed by atoms with E-state index < -0.39 is 0 Å². The minimum absolute atomic E-state index is 0.158. The number of piperidine rings is 1. The third-order valence-corrected chi connectivity index (χ3v) is 6.66. The maximum absolute atomic E-state index is 14.1. The highest BCUT2D eigenvalue weighted by Gasteiger charge is 2.48. The third kappa shape index (κ3) is 3.16. The molecule has 2 fully saturated rings. The van der Waals surface area contributed by atoms with Crippen LogP contribution in [0.1, 0.15) is 31.2 Å². The van der Waals surface area contributed by atoms with Crippen molar-refractivity contribution in [2.24, 2.45) is 0 Å². The first-order valence-electron chi connectivity index (χ1n) is 9.92. The molecule has 2 heterocycles. The molecule has 1 N–H and O–H groups in total. The first kappa shape index (κ1) is 18.0. The number of carbonyl (C=O) groups is 1. The maximum Gasteiger partial charge on any atom is 0.326 e. The van der Waals surface area contributed by atoms with Gasteiger partial charge in [0, 0.05) is 34.4 Å². The van der Waals surface area contributed by atoms with Gasteiger partial charge in [0.1, 0.15) is 5.82 Å². The zero-order valence-electron chi connectivity index (χ0n) is 15.6. The fourth-order valence-corrected chi connectivity index (χ4v) is 4.95. The van der Waals surface area contributed by atoms with Crippen molar-refractivity contribution in [3.05, 3.63) is 58.9 Å². The van der Waals surface area contributed by atoms with Gasteiger partial charge in [-0.05, 0) is 80.7 Å². The lowest BCUT2D eigenvalue weighted by molar-refractivity contribution is 0.159. The average molecular weight is 400 g/mol. The number of benzene rings is 2. The van der Waals surface area contributed by atoms with Gasteiger partial charge in [0.15, 0.2) is 0 Å². The van der Waals surface area contributed by atoms with Crippen molar-refractivity contribution in [3.63, 3.8) is 0 Å². The molecule has 28 heavy (non-hydrogen) atoms. The first-order chi connectivity index (χ1) is 13.5. The maximum atomic E-state index is 14.1. The molecule has 1 saturated heterocycles. The molecule has 1 spiro atoms. The van der Waals surface area contributed by atoms with Crippen LogP contribution in [0, 0.1) is 5.82 Å². The molecule has 2 aromatic rings. The average Bonchev–Trinajstić information content (AvgIpc) is 3.48. The molecule has 0 unspecified atom stereocenters. The topological polar surface area (TPSA) is 35.6 Å². The Hall–Kier alpha value is -2.11. The smallest absolute Gasteiger partial charge is 0.307 e. The standard InChI is InChI=1S/C22H23ClFN3O/c23-15-2-1-3-17(12-15)25-21(28)27-14-22(19-13-16(24)4-7-20(19)27)8-10-26(11-9-22)18-5-6-18/h1-4,7,12-13,18H,5-6,8-11,14H2,(H,25,28). The lowest BCUT2D eigenvalue weighted by atomic mass is 9.74. The normalized spacial score (nSPS) is 21.0. The van der Waals surface area contributed by atoms with Crippen LogP contribution in [0.5, 0.6) is 0 Å². The second-order valence-corrected chi connectivity index (χ2v) is 8.67. The minimum Gasteiger partial charge on any atom is -0.307 e. The van der Waals surface area contributed by atoms with E-state index in [1.54, 1.807) is 35.2 Å². The van der Waals surface area contributed by atoms with Crippen molar-refractivity contribution in [3.8, 4) is 0 Å². The van der Waals surface area contributed by atoms with Crippen LogP contribution >= 0.6 is 11.6 Å². The SMILES string of the molecule is O=C(Nc1cccc(Cl)c1)N1CC2(CCN(C3CC3)CC2)c2cc(F)ccc21. The number of nitrogens with one attached hydrogen (secondary N) is 1. The first-order valence-corrected chi connectivity index (χ1v) is 10.3. The number of likely N-dealkylation sites (tertiary alicyclic amines) is 1. The largest absolute Gasteiger partial charge is 0.326 e. The van der Waals surface area contributed by atoms with Crippen LogP contribution in [0.3, 0.4) is 0 Å². The minimum atomic E-state index is -0.236. The van der Waals surface area contributed by atoms with Gasteiger partial charge in [-0.3, -0.25) is 4.90 Å². The molecule has 2 aliphatic heterocycles. The number of urea groups is 1. The van der Waals surface area contributed by atoms with Gasteiger partial charge in [-0.25, -0.2) is 9.18 Å². The number of hydrogen-bond donors (Lipinski definition) is 1. The summed E-state index contributed by atoms with van der Waals surface area (Å²) in [5, 5.41) is 3.51. The number of carbonyl (C=O) groups excluding carboxylic acids is 1. The highest BCUT2D eigenvalue weighted by molar-refractivity contribution is 6.30. The summed E-state index contributed by atoms with van der Waals surface area (Å²) in [6.07, 6.45) is 4.51. The van der Waals surface area contributed by atoms with Crippen molar-refractivity contribution in [1.29, 1.82) is 0 Å². The molecule has 146 valence electrons. The molecule has 2 amide bonds. The van der Waals surface area contributed by atoms with E-state index in [-0.39, 0.29) is 17.3 Å². The number of fused-ring (bicyclic) bond motifs is 2. The van der Waals surface area contributed by atoms with E-state index in [9.17, 15) is 9.18 Å². The van der Waals surface area contributed by atoms with Crippen molar-refractivity contribution in [2.75, 3.05) is 29.9 Å². The van der Waals surface area contributed by atoms with Gasteiger partial charge >= 0.3 is 6.03 Å². The summed E-state index contributed by atoms with van der Waals surface area (Å²) in [6.45, 7) is 2.63. The van der Waals surface area contributed by atoms with Gasteiger partial charge in [-0.2, -0.15) is 0 Å². The Balaban J connectivity index is 1.41. The summed E-state index contributed by atoms with van der Waals surface area (Å²) in [7, 11) is 0. The number of hydrogen-bond acceptors (Lipinski definition) is 2.